The molecule has 0 bridgehead atoms. The van der Waals surface area contributed by atoms with Crippen molar-refractivity contribution in [3.63, 3.8) is 0 Å². The molecule has 3 N–H and O–H groups in total. The number of benzene rings is 1. The molecule has 2 aliphatic carbocycles. The highest BCUT2D eigenvalue weighted by Crippen LogP contribution is 2.51. The summed E-state index contributed by atoms with van der Waals surface area (Å²) in [5.41, 5.74) is 8.36. The number of anilines is 1. The number of nitrogens with one attached hydrogen (secondary N) is 1. The molecule has 1 amide bonds. The molecule has 1 aliphatic heterocycles. The molecule has 1 aromatic heterocycles. The second-order valence-electron chi connectivity index (χ2n) is 11.2. The Labute approximate surface area is 252 Å². The molecule has 1 saturated carbocycles. The molecule has 3 aliphatic rings. The molecule has 0 saturated heterocycles. The number of rotatable bonds is 6. The summed E-state index contributed by atoms with van der Waals surface area (Å²) < 4.78 is 0.603. The van der Waals surface area contributed by atoms with Gasteiger partial charge in [-0.25, -0.2) is 0 Å². The number of ketones is 1. The number of thioether (sulfide) groups is 1. The fourth-order valence-electron chi connectivity index (χ4n) is 5.77. The lowest BCUT2D eigenvalue weighted by Crippen LogP contribution is -2.42. The lowest BCUT2D eigenvalue weighted by Gasteiger charge is -2.42. The second-order valence-corrected chi connectivity index (χ2v) is 14.2. The molecule has 5 rings (SSSR count). The second kappa shape index (κ2) is 11.7. The zero-order valence-electron chi connectivity index (χ0n) is 22.3. The first-order valence-electron chi connectivity index (χ1n) is 13.2. The number of Topliss-reactive ketones (excluding diaryl/α,β-unsaturated/α-hetero) is 1. The Morgan fingerprint density at radius 2 is 2.00 bits per heavy atom. The molecule has 40 heavy (non-hydrogen) atoms. The summed E-state index contributed by atoms with van der Waals surface area (Å²) in [4.78, 5) is 27.9. The van der Waals surface area contributed by atoms with Crippen molar-refractivity contribution in [2.45, 2.75) is 75.1 Å². The van der Waals surface area contributed by atoms with Crippen LogP contribution in [0.25, 0.3) is 0 Å². The van der Waals surface area contributed by atoms with Gasteiger partial charge in [-0.05, 0) is 42.4 Å². The molecule has 0 spiro atoms. The van der Waals surface area contributed by atoms with Crippen molar-refractivity contribution in [1.82, 2.24) is 15.5 Å². The van der Waals surface area contributed by atoms with Gasteiger partial charge in [0.05, 0.1) is 23.3 Å². The van der Waals surface area contributed by atoms with Gasteiger partial charge in [-0.15, -0.1) is 10.2 Å². The van der Waals surface area contributed by atoms with Crippen molar-refractivity contribution >= 4 is 63.1 Å². The number of halogens is 2. The summed E-state index contributed by atoms with van der Waals surface area (Å²) in [7, 11) is 0. The molecule has 1 fully saturated rings. The molecule has 12 heteroatoms. The number of carbonyl (C=O) groups excluding carboxylic acids is 2. The third kappa shape index (κ3) is 5.89. The Bertz CT molecular complexity index is 1450. The third-order valence-electron chi connectivity index (χ3n) is 7.54. The number of hydrogen-bond acceptors (Lipinski definition) is 9. The summed E-state index contributed by atoms with van der Waals surface area (Å²) in [5, 5.41) is 23.3. The number of nitriles is 1. The lowest BCUT2D eigenvalue weighted by atomic mass is 9.68. The molecule has 2 heterocycles. The first kappa shape index (κ1) is 28.9. The topological polar surface area (TPSA) is 125 Å². The predicted molar refractivity (Wildman–Crippen MR) is 159 cm³/mol. The predicted octanol–water partition coefficient (Wildman–Crippen LogP) is 6.33. The average Bonchev–Trinajstić information content (AvgIpc) is 3.35. The summed E-state index contributed by atoms with van der Waals surface area (Å²) in [6.45, 7) is 4.06. The van der Waals surface area contributed by atoms with E-state index in [4.69, 9.17) is 28.9 Å². The quantitative estimate of drug-likeness (QED) is 0.361. The molecule has 2 aromatic rings. The van der Waals surface area contributed by atoms with E-state index < -0.39 is 5.92 Å². The van der Waals surface area contributed by atoms with Crippen LogP contribution in [0.15, 0.2) is 45.2 Å². The van der Waals surface area contributed by atoms with E-state index in [9.17, 15) is 14.9 Å². The van der Waals surface area contributed by atoms with Gasteiger partial charge >= 0.3 is 0 Å². The molecule has 1 atom stereocenters. The van der Waals surface area contributed by atoms with Crippen molar-refractivity contribution in [3.8, 4) is 6.07 Å². The van der Waals surface area contributed by atoms with Gasteiger partial charge in [-0.3, -0.25) is 14.5 Å². The van der Waals surface area contributed by atoms with Gasteiger partial charge in [-0.2, -0.15) is 5.26 Å². The number of hydrogen-bond donors (Lipinski definition) is 2. The highest BCUT2D eigenvalue weighted by atomic mass is 35.5. The maximum Gasteiger partial charge on any atom is 0.230 e. The van der Waals surface area contributed by atoms with E-state index in [1.807, 2.05) is 13.8 Å². The van der Waals surface area contributed by atoms with Crippen LogP contribution in [0.2, 0.25) is 10.0 Å². The molecular formula is C28H30Cl2N6O2S2. The summed E-state index contributed by atoms with van der Waals surface area (Å²) >= 11 is 15.3. The zero-order chi connectivity index (χ0) is 28.6. The van der Waals surface area contributed by atoms with Crippen molar-refractivity contribution in [3.05, 3.63) is 56.5 Å². The first-order valence-corrected chi connectivity index (χ1v) is 15.8. The summed E-state index contributed by atoms with van der Waals surface area (Å²) in [6, 6.07) is 7.52. The van der Waals surface area contributed by atoms with E-state index in [1.165, 1.54) is 29.5 Å². The highest BCUT2D eigenvalue weighted by Gasteiger charge is 2.46. The van der Waals surface area contributed by atoms with Crippen LogP contribution >= 0.6 is 46.3 Å². The first-order chi connectivity index (χ1) is 19.1. The Kier molecular flexibility index (Phi) is 8.48. The minimum Gasteiger partial charge on any atom is -0.384 e. The molecule has 1 aromatic carbocycles. The van der Waals surface area contributed by atoms with Crippen molar-refractivity contribution < 1.29 is 9.59 Å². The molecule has 0 radical (unpaired) electrons. The third-order valence-corrected chi connectivity index (χ3v) is 10.1. The maximum atomic E-state index is 13.7. The van der Waals surface area contributed by atoms with Crippen LogP contribution in [0.1, 0.15) is 70.3 Å². The van der Waals surface area contributed by atoms with Gasteiger partial charge in [0.1, 0.15) is 5.82 Å². The zero-order valence-corrected chi connectivity index (χ0v) is 25.4. The lowest BCUT2D eigenvalue weighted by molar-refractivity contribution is -0.119. The number of nitrogens with zero attached hydrogens (tertiary/aromatic N) is 4. The van der Waals surface area contributed by atoms with E-state index in [0.29, 0.717) is 49.2 Å². The number of carbonyl (C=O) groups is 2. The smallest absolute Gasteiger partial charge is 0.230 e. The number of aromatic nitrogens is 2. The van der Waals surface area contributed by atoms with E-state index >= 15 is 0 Å². The van der Waals surface area contributed by atoms with Crippen LogP contribution in [-0.4, -0.2) is 33.7 Å². The largest absolute Gasteiger partial charge is 0.384 e. The number of amides is 1. The fourth-order valence-corrected chi connectivity index (χ4v) is 7.98. The monoisotopic (exact) mass is 616 g/mol. The van der Waals surface area contributed by atoms with Crippen LogP contribution in [0, 0.1) is 16.7 Å². The standard InChI is InChI=1S/C28H30Cl2N6O2S2/c1-28(2)11-20-24(21(37)12-28)23(17-9-8-15(29)10-19(17)30)18(13-31)25(32)36(20)26-34-35-27(40-26)39-14-22(38)33-16-6-4-3-5-7-16/h8-10,16,23H,3-7,11-12,14,32H2,1-2H3,(H,33,38). The Morgan fingerprint density at radius 3 is 2.70 bits per heavy atom. The van der Waals surface area contributed by atoms with Crippen molar-refractivity contribution in [2.75, 3.05) is 10.7 Å². The normalized spacial score (nSPS) is 21.3. The van der Waals surface area contributed by atoms with Gasteiger partial charge in [0.25, 0.3) is 0 Å². The Hall–Kier alpha value is -2.58. The number of allylic oxidation sites excluding steroid dienone is 3. The van der Waals surface area contributed by atoms with Gasteiger partial charge in [0.15, 0.2) is 10.1 Å². The molecule has 1 unspecified atom stereocenters. The van der Waals surface area contributed by atoms with Crippen LogP contribution < -0.4 is 16.0 Å². The van der Waals surface area contributed by atoms with Crippen molar-refractivity contribution in [2.24, 2.45) is 11.1 Å². The minimum absolute atomic E-state index is 0.0231. The highest BCUT2D eigenvalue weighted by molar-refractivity contribution is 8.01. The van der Waals surface area contributed by atoms with Crippen LogP contribution in [-0.2, 0) is 9.59 Å². The van der Waals surface area contributed by atoms with E-state index in [0.717, 1.165) is 25.7 Å². The summed E-state index contributed by atoms with van der Waals surface area (Å²) in [5.74, 6) is -0.382. The molecular weight excluding hydrogens is 587 g/mol. The van der Waals surface area contributed by atoms with Crippen LogP contribution in [0.3, 0.4) is 0 Å². The maximum absolute atomic E-state index is 13.7. The van der Waals surface area contributed by atoms with Gasteiger partial charge in [0.2, 0.25) is 11.0 Å². The van der Waals surface area contributed by atoms with E-state index in [1.54, 1.807) is 23.1 Å². The SMILES string of the molecule is CC1(C)CC(=O)C2=C(C1)N(c1nnc(SCC(=O)NC3CCCCC3)s1)C(N)=C(C#N)C2c1ccc(Cl)cc1Cl. The molecule has 210 valence electrons. The minimum atomic E-state index is -0.713. The summed E-state index contributed by atoms with van der Waals surface area (Å²) in [6.07, 6.45) is 6.44. The van der Waals surface area contributed by atoms with Gasteiger partial charge in [0, 0.05) is 33.8 Å². The van der Waals surface area contributed by atoms with Crippen LogP contribution in [0.5, 0.6) is 0 Å². The molecule has 8 nitrogen and oxygen atoms in total. The number of nitrogens with two attached hydrogens (primary N) is 1. The van der Waals surface area contributed by atoms with Crippen molar-refractivity contribution in [1.29, 1.82) is 5.26 Å². The van der Waals surface area contributed by atoms with E-state index in [2.05, 4.69) is 21.6 Å². The Balaban J connectivity index is 1.47. The average molecular weight is 618 g/mol. The van der Waals surface area contributed by atoms with Crippen LogP contribution in [0.4, 0.5) is 5.13 Å². The Morgan fingerprint density at radius 1 is 1.25 bits per heavy atom. The van der Waals surface area contributed by atoms with E-state index in [-0.39, 0.29) is 40.3 Å². The fraction of sp³-hybridized carbons (Fsp3) is 0.464. The van der Waals surface area contributed by atoms with Gasteiger partial charge < -0.3 is 11.1 Å². The van der Waals surface area contributed by atoms with Gasteiger partial charge in [-0.1, -0.05) is 85.5 Å².